The number of nitrogens with zero attached hydrogens (tertiary/aromatic N) is 3. The third-order valence-electron chi connectivity index (χ3n) is 12.9. The number of nitrogens with two attached hydrogens (primary N) is 3. The zero-order chi connectivity index (χ0) is 53.2. The Bertz CT molecular complexity index is 1920. The van der Waals surface area contributed by atoms with Crippen LogP contribution in [0.2, 0.25) is 0 Å². The Morgan fingerprint density at radius 1 is 0.732 bits per heavy atom. The molecular formula is C49H82N13O9. The standard InChI is InChI=1S/C49H82N13O9/c1-31(2)27-40(57-41(64)30-56-42(65)32(3)60(6)46(69)37(21-14-15-23-50)59-44(67)39(54-5)29-35-19-12-9-13-20-35)47(70)61(7)33(4)43(66)58-38(22-16-24-55-49(52)53)48(71)62(25-26-63)45(68)36(51)28-34-17-10-8-11-18-34/h9,12-13,19-20,31-34,36-40,54H,8,10-11,14-18,21-25,27-30,50-51H2,1-7H3,(H,56,65)(H,57,64)(H,58,66)(H,59,67)(H4,52,53,55)/t32-,33-,36-,37-,38-,39-,40-/m0/s1. The molecule has 1 fully saturated rings. The summed E-state index contributed by atoms with van der Waals surface area (Å²) in [5.41, 5.74) is 18.3. The van der Waals surface area contributed by atoms with Crippen molar-refractivity contribution in [2.24, 2.45) is 29.0 Å². The lowest BCUT2D eigenvalue weighted by Gasteiger charge is -2.32. The lowest BCUT2D eigenvalue weighted by molar-refractivity contribution is -0.148. The molecule has 0 unspecified atom stereocenters. The van der Waals surface area contributed by atoms with E-state index >= 15 is 0 Å². The van der Waals surface area contributed by atoms with Crippen molar-refractivity contribution in [3.63, 3.8) is 0 Å². The zero-order valence-corrected chi connectivity index (χ0v) is 42.9. The second kappa shape index (κ2) is 32.1. The molecule has 0 spiro atoms. The molecule has 0 heterocycles. The summed E-state index contributed by atoms with van der Waals surface area (Å²) in [5, 5.41) is 23.7. The minimum Gasteiger partial charge on any atom is -0.370 e. The van der Waals surface area contributed by atoms with E-state index in [0.29, 0.717) is 37.1 Å². The fourth-order valence-electron chi connectivity index (χ4n) is 8.36. The van der Waals surface area contributed by atoms with Gasteiger partial charge in [-0.05, 0) is 96.2 Å². The summed E-state index contributed by atoms with van der Waals surface area (Å²) in [6, 6.07) is 1.94. The summed E-state index contributed by atoms with van der Waals surface area (Å²) in [7, 11) is 4.43. The Hall–Kier alpha value is -6.00. The lowest BCUT2D eigenvalue weighted by atomic mass is 9.84. The molecule has 1 aromatic carbocycles. The quantitative estimate of drug-likeness (QED) is 0.0250. The SMILES string of the molecule is CN[C@@H](Cc1ccccc1)C(=O)N[C@@H](CCCCN)C(=O)N(C)[C@@H](C)C(=O)NCC(=O)N[C@@H](CC(C)C)C(=O)N(C)[C@@H](C)C(=O)N[C@@H](CCCNC(=N)N)C(=O)N(C[C]=O)C(=O)[C@@H](N)CC1CCCCC1. The molecule has 1 aliphatic rings. The normalized spacial score (nSPS) is 15.6. The second-order valence-corrected chi connectivity index (χ2v) is 18.9. The Labute approximate surface area is 419 Å². The molecule has 1 saturated carbocycles. The van der Waals surface area contributed by atoms with Crippen LogP contribution in [0.25, 0.3) is 0 Å². The van der Waals surface area contributed by atoms with Crippen molar-refractivity contribution in [1.82, 2.24) is 46.6 Å². The molecule has 0 saturated heterocycles. The van der Waals surface area contributed by atoms with Gasteiger partial charge in [-0.3, -0.25) is 53.5 Å². The highest BCUT2D eigenvalue weighted by Gasteiger charge is 2.37. The van der Waals surface area contributed by atoms with Crippen LogP contribution in [-0.2, 0) is 49.6 Å². The average molecular weight is 997 g/mol. The minimum absolute atomic E-state index is 0.0473. The lowest BCUT2D eigenvalue weighted by Crippen LogP contribution is -2.59. The minimum atomic E-state index is -1.36. The second-order valence-electron chi connectivity index (χ2n) is 18.9. The van der Waals surface area contributed by atoms with E-state index in [2.05, 4.69) is 31.9 Å². The fourth-order valence-corrected chi connectivity index (χ4v) is 8.36. The van der Waals surface area contributed by atoms with Gasteiger partial charge in [-0.1, -0.05) is 76.3 Å². The number of imide groups is 1. The molecule has 0 bridgehead atoms. The molecule has 397 valence electrons. The van der Waals surface area contributed by atoms with Gasteiger partial charge >= 0.3 is 0 Å². The topological polar surface area (TPSA) is 337 Å². The molecule has 71 heavy (non-hydrogen) atoms. The maximum absolute atomic E-state index is 14.0. The van der Waals surface area contributed by atoms with Crippen molar-refractivity contribution in [3.8, 4) is 0 Å². The summed E-state index contributed by atoms with van der Waals surface area (Å²) in [5.74, 6) is -5.64. The van der Waals surface area contributed by atoms with Crippen molar-refractivity contribution < 1.29 is 43.2 Å². The summed E-state index contributed by atoms with van der Waals surface area (Å²) < 4.78 is 0. The van der Waals surface area contributed by atoms with Crippen LogP contribution < -0.4 is 49.1 Å². The highest BCUT2D eigenvalue weighted by Crippen LogP contribution is 2.27. The summed E-state index contributed by atoms with van der Waals surface area (Å²) in [4.78, 5) is 124. The van der Waals surface area contributed by atoms with Gasteiger partial charge in [-0.25, -0.2) is 0 Å². The van der Waals surface area contributed by atoms with Gasteiger partial charge in [-0.15, -0.1) is 0 Å². The van der Waals surface area contributed by atoms with Gasteiger partial charge in [0, 0.05) is 20.6 Å². The summed E-state index contributed by atoms with van der Waals surface area (Å²) in [6.07, 6.45) is 8.95. The monoisotopic (exact) mass is 997 g/mol. The fraction of sp³-hybridized carbons (Fsp3) is 0.673. The van der Waals surface area contributed by atoms with Crippen LogP contribution in [0.3, 0.4) is 0 Å². The van der Waals surface area contributed by atoms with E-state index < -0.39 is 96.7 Å². The van der Waals surface area contributed by atoms with Crippen LogP contribution >= 0.6 is 0 Å². The summed E-state index contributed by atoms with van der Waals surface area (Å²) in [6.45, 7) is 5.81. The molecule has 22 nitrogen and oxygen atoms in total. The third kappa shape index (κ3) is 21.1. The number of unbranched alkanes of at least 4 members (excludes halogenated alkanes) is 1. The first-order valence-corrected chi connectivity index (χ1v) is 24.8. The van der Waals surface area contributed by atoms with E-state index in [1.165, 1.54) is 32.8 Å². The first-order chi connectivity index (χ1) is 33.7. The van der Waals surface area contributed by atoms with Gasteiger partial charge in [0.05, 0.1) is 25.2 Å². The van der Waals surface area contributed by atoms with Crippen LogP contribution in [-0.4, -0.2) is 164 Å². The Balaban J connectivity index is 2.16. The number of hydrogen-bond acceptors (Lipinski definition) is 13. The third-order valence-corrected chi connectivity index (χ3v) is 12.9. The van der Waals surface area contributed by atoms with Crippen molar-refractivity contribution >= 4 is 59.5 Å². The molecule has 13 N–H and O–H groups in total. The highest BCUT2D eigenvalue weighted by molar-refractivity contribution is 6.03. The van der Waals surface area contributed by atoms with E-state index in [1.807, 2.05) is 44.2 Å². The Kier molecular flexibility index (Phi) is 27.6. The van der Waals surface area contributed by atoms with Crippen molar-refractivity contribution in [2.75, 3.05) is 47.3 Å². The number of hydrogen-bond donors (Lipinski definition) is 10. The van der Waals surface area contributed by atoms with Gasteiger partial charge < -0.3 is 58.9 Å². The molecule has 8 amide bonds. The average Bonchev–Trinajstić information content (AvgIpc) is 3.35. The number of rotatable bonds is 31. The molecule has 1 radical (unpaired) electrons. The number of nitrogens with one attached hydrogen (secondary N) is 7. The van der Waals surface area contributed by atoms with E-state index in [0.717, 1.165) is 42.6 Å². The Morgan fingerprint density at radius 2 is 1.31 bits per heavy atom. The van der Waals surface area contributed by atoms with Crippen LogP contribution in [0.15, 0.2) is 30.3 Å². The first kappa shape index (κ1) is 61.1. The van der Waals surface area contributed by atoms with Gasteiger partial charge in [0.15, 0.2) is 5.96 Å². The molecular weight excluding hydrogens is 915 g/mol. The van der Waals surface area contributed by atoms with Gasteiger partial charge in [0.25, 0.3) is 5.91 Å². The number of likely N-dealkylation sites (N-methyl/N-ethyl adjacent to an activating group) is 3. The van der Waals surface area contributed by atoms with Crippen molar-refractivity contribution in [2.45, 2.75) is 153 Å². The molecule has 2 rings (SSSR count). The largest absolute Gasteiger partial charge is 0.370 e. The van der Waals surface area contributed by atoms with Gasteiger partial charge in [0.1, 0.15) is 30.2 Å². The summed E-state index contributed by atoms with van der Waals surface area (Å²) >= 11 is 0. The molecule has 0 aliphatic heterocycles. The van der Waals surface area contributed by atoms with Crippen LogP contribution in [0, 0.1) is 17.2 Å². The van der Waals surface area contributed by atoms with Gasteiger partial charge in [0.2, 0.25) is 47.6 Å². The maximum Gasteiger partial charge on any atom is 0.252 e. The van der Waals surface area contributed by atoms with E-state index in [4.69, 9.17) is 22.6 Å². The van der Waals surface area contributed by atoms with E-state index in [-0.39, 0.29) is 55.9 Å². The molecule has 7 atom stereocenters. The maximum atomic E-state index is 14.0. The van der Waals surface area contributed by atoms with Crippen LogP contribution in [0.1, 0.15) is 110 Å². The number of amides is 8. The van der Waals surface area contributed by atoms with E-state index in [1.54, 1.807) is 13.3 Å². The smallest absolute Gasteiger partial charge is 0.252 e. The van der Waals surface area contributed by atoms with Crippen LogP contribution in [0.4, 0.5) is 0 Å². The number of benzene rings is 1. The van der Waals surface area contributed by atoms with Crippen molar-refractivity contribution in [3.05, 3.63) is 35.9 Å². The molecule has 1 aromatic rings. The number of carbonyl (C=O) groups excluding carboxylic acids is 9. The van der Waals surface area contributed by atoms with Crippen molar-refractivity contribution in [1.29, 1.82) is 5.41 Å². The van der Waals surface area contributed by atoms with Crippen LogP contribution in [0.5, 0.6) is 0 Å². The predicted octanol–water partition coefficient (Wildman–Crippen LogP) is -0.718. The number of carbonyl (C=O) groups is 8. The predicted molar refractivity (Wildman–Crippen MR) is 269 cm³/mol. The first-order valence-electron chi connectivity index (χ1n) is 24.8. The number of guanidine groups is 1. The van der Waals surface area contributed by atoms with Gasteiger partial charge in [-0.2, -0.15) is 0 Å². The zero-order valence-electron chi connectivity index (χ0n) is 42.9. The molecule has 22 heteroatoms. The molecule has 0 aromatic heterocycles. The highest BCUT2D eigenvalue weighted by atomic mass is 16.2. The van der Waals surface area contributed by atoms with E-state index in [9.17, 15) is 43.2 Å². The molecule has 1 aliphatic carbocycles. The Morgan fingerprint density at radius 3 is 1.89 bits per heavy atom.